The molecule has 0 aromatic heterocycles. The summed E-state index contributed by atoms with van der Waals surface area (Å²) in [4.78, 5) is 14.9. The van der Waals surface area contributed by atoms with E-state index in [1.807, 2.05) is 0 Å². The zero-order valence-electron chi connectivity index (χ0n) is 11.8. The van der Waals surface area contributed by atoms with Gasteiger partial charge >= 0.3 is 0 Å². The Balaban J connectivity index is 1.84. The number of likely N-dealkylation sites (tertiary alicyclic amines) is 1. The third kappa shape index (κ3) is 2.69. The van der Waals surface area contributed by atoms with Crippen molar-refractivity contribution in [2.24, 2.45) is 5.41 Å². The summed E-state index contributed by atoms with van der Waals surface area (Å²) in [5.41, 5.74) is -0.143. The van der Waals surface area contributed by atoms with Gasteiger partial charge in [-0.3, -0.25) is 9.69 Å². The molecule has 2 fully saturated rings. The molecule has 0 bridgehead atoms. The van der Waals surface area contributed by atoms with Gasteiger partial charge in [0.25, 0.3) is 0 Å². The molecule has 2 atom stereocenters. The summed E-state index contributed by atoms with van der Waals surface area (Å²) < 4.78 is 0. The van der Waals surface area contributed by atoms with Gasteiger partial charge in [0.15, 0.2) is 0 Å². The van der Waals surface area contributed by atoms with Gasteiger partial charge in [0.1, 0.15) is 0 Å². The Labute approximate surface area is 110 Å². The molecule has 2 unspecified atom stereocenters. The van der Waals surface area contributed by atoms with Gasteiger partial charge < -0.3 is 10.6 Å². The van der Waals surface area contributed by atoms with Crippen molar-refractivity contribution < 1.29 is 4.79 Å². The summed E-state index contributed by atoms with van der Waals surface area (Å²) in [6.45, 7) is 9.27. The molecule has 2 heterocycles. The van der Waals surface area contributed by atoms with E-state index >= 15 is 0 Å². The Kier molecular flexibility index (Phi) is 4.62. The topological polar surface area (TPSA) is 44.4 Å². The predicted molar refractivity (Wildman–Crippen MR) is 73.5 cm³/mol. The van der Waals surface area contributed by atoms with Crippen molar-refractivity contribution in [3.63, 3.8) is 0 Å². The second-order valence-electron chi connectivity index (χ2n) is 5.70. The van der Waals surface area contributed by atoms with Gasteiger partial charge in [0.05, 0.1) is 5.41 Å². The molecule has 0 aromatic carbocycles. The van der Waals surface area contributed by atoms with Crippen LogP contribution < -0.4 is 10.6 Å². The maximum absolute atomic E-state index is 12.4. The number of amides is 1. The Morgan fingerprint density at radius 3 is 2.94 bits per heavy atom. The Morgan fingerprint density at radius 1 is 1.50 bits per heavy atom. The van der Waals surface area contributed by atoms with Crippen LogP contribution in [0.2, 0.25) is 0 Å². The van der Waals surface area contributed by atoms with Crippen LogP contribution in [0.15, 0.2) is 0 Å². The third-order valence-electron chi connectivity index (χ3n) is 4.81. The standard InChI is InChI=1S/C14H27N3O/c1-3-14(7-8-15-11-14)13(18)16-10-12-6-5-9-17(12)4-2/h12,15H,3-11H2,1-2H3,(H,16,18). The fourth-order valence-electron chi connectivity index (χ4n) is 3.34. The van der Waals surface area contributed by atoms with Gasteiger partial charge in [0, 0.05) is 19.1 Å². The first-order chi connectivity index (χ1) is 8.72. The van der Waals surface area contributed by atoms with E-state index < -0.39 is 0 Å². The average molecular weight is 253 g/mol. The zero-order valence-corrected chi connectivity index (χ0v) is 11.8. The lowest BCUT2D eigenvalue weighted by atomic mass is 9.83. The summed E-state index contributed by atoms with van der Waals surface area (Å²) in [5, 5.41) is 6.52. The SMILES string of the molecule is CCN1CCCC1CNC(=O)C1(CC)CCNC1. The molecule has 0 radical (unpaired) electrons. The van der Waals surface area contributed by atoms with Crippen LogP contribution in [-0.2, 0) is 4.79 Å². The molecule has 1 amide bonds. The highest BCUT2D eigenvalue weighted by molar-refractivity contribution is 5.83. The summed E-state index contributed by atoms with van der Waals surface area (Å²) >= 11 is 0. The lowest BCUT2D eigenvalue weighted by Crippen LogP contribution is -2.47. The highest BCUT2D eigenvalue weighted by atomic mass is 16.2. The number of nitrogens with zero attached hydrogens (tertiary/aromatic N) is 1. The molecule has 2 aliphatic heterocycles. The molecular formula is C14H27N3O. The van der Waals surface area contributed by atoms with Crippen molar-refractivity contribution >= 4 is 5.91 Å². The lowest BCUT2D eigenvalue weighted by molar-refractivity contribution is -0.130. The van der Waals surface area contributed by atoms with Crippen LogP contribution >= 0.6 is 0 Å². The monoisotopic (exact) mass is 253 g/mol. The Morgan fingerprint density at radius 2 is 2.33 bits per heavy atom. The minimum Gasteiger partial charge on any atom is -0.354 e. The van der Waals surface area contributed by atoms with E-state index in [1.165, 1.54) is 19.4 Å². The van der Waals surface area contributed by atoms with E-state index in [9.17, 15) is 4.79 Å². The Bertz CT molecular complexity index is 287. The number of carbonyl (C=O) groups is 1. The average Bonchev–Trinajstić information content (AvgIpc) is 3.05. The molecule has 0 aromatic rings. The van der Waals surface area contributed by atoms with Crippen LogP contribution in [0.25, 0.3) is 0 Å². The second-order valence-corrected chi connectivity index (χ2v) is 5.70. The quantitative estimate of drug-likeness (QED) is 0.767. The molecule has 2 rings (SSSR count). The first-order valence-electron chi connectivity index (χ1n) is 7.45. The van der Waals surface area contributed by atoms with Gasteiger partial charge in [-0.25, -0.2) is 0 Å². The van der Waals surface area contributed by atoms with Gasteiger partial charge in [-0.1, -0.05) is 13.8 Å². The van der Waals surface area contributed by atoms with E-state index in [0.29, 0.717) is 6.04 Å². The zero-order chi connectivity index (χ0) is 13.0. The maximum atomic E-state index is 12.4. The van der Waals surface area contributed by atoms with Crippen molar-refractivity contribution in [1.82, 2.24) is 15.5 Å². The van der Waals surface area contributed by atoms with Gasteiger partial charge in [-0.2, -0.15) is 0 Å². The molecule has 18 heavy (non-hydrogen) atoms. The lowest BCUT2D eigenvalue weighted by Gasteiger charge is -2.28. The summed E-state index contributed by atoms with van der Waals surface area (Å²) in [6, 6.07) is 0.558. The van der Waals surface area contributed by atoms with Crippen molar-refractivity contribution in [3.05, 3.63) is 0 Å². The maximum Gasteiger partial charge on any atom is 0.227 e. The molecule has 2 N–H and O–H groups in total. The van der Waals surface area contributed by atoms with Crippen molar-refractivity contribution in [2.45, 2.75) is 45.6 Å². The first kappa shape index (κ1) is 13.8. The molecule has 0 saturated carbocycles. The van der Waals surface area contributed by atoms with Crippen LogP contribution in [0.1, 0.15) is 39.5 Å². The van der Waals surface area contributed by atoms with E-state index in [1.54, 1.807) is 0 Å². The van der Waals surface area contributed by atoms with Gasteiger partial charge in [-0.05, 0) is 45.3 Å². The van der Waals surface area contributed by atoms with Crippen molar-refractivity contribution in [2.75, 3.05) is 32.7 Å². The van der Waals surface area contributed by atoms with Crippen LogP contribution in [0.5, 0.6) is 0 Å². The number of rotatable bonds is 5. The Hall–Kier alpha value is -0.610. The highest BCUT2D eigenvalue weighted by Crippen LogP contribution is 2.29. The van der Waals surface area contributed by atoms with Gasteiger partial charge in [0.2, 0.25) is 5.91 Å². The number of nitrogens with one attached hydrogen (secondary N) is 2. The third-order valence-corrected chi connectivity index (χ3v) is 4.81. The summed E-state index contributed by atoms with van der Waals surface area (Å²) in [7, 11) is 0. The van der Waals surface area contributed by atoms with E-state index in [2.05, 4.69) is 29.4 Å². The first-order valence-corrected chi connectivity index (χ1v) is 7.45. The fourth-order valence-corrected chi connectivity index (χ4v) is 3.34. The molecular weight excluding hydrogens is 226 g/mol. The highest BCUT2D eigenvalue weighted by Gasteiger charge is 2.39. The molecule has 4 nitrogen and oxygen atoms in total. The van der Waals surface area contributed by atoms with Crippen molar-refractivity contribution in [3.8, 4) is 0 Å². The number of hydrogen-bond donors (Lipinski definition) is 2. The number of hydrogen-bond acceptors (Lipinski definition) is 3. The fraction of sp³-hybridized carbons (Fsp3) is 0.929. The number of carbonyl (C=O) groups excluding carboxylic acids is 1. The van der Waals surface area contributed by atoms with Crippen LogP contribution in [0, 0.1) is 5.41 Å². The van der Waals surface area contributed by atoms with Crippen molar-refractivity contribution in [1.29, 1.82) is 0 Å². The molecule has 104 valence electrons. The number of likely N-dealkylation sites (N-methyl/N-ethyl adjacent to an activating group) is 1. The molecule has 4 heteroatoms. The normalized spacial score (nSPS) is 32.9. The predicted octanol–water partition coefficient (Wildman–Crippen LogP) is 0.977. The van der Waals surface area contributed by atoms with Gasteiger partial charge in [-0.15, -0.1) is 0 Å². The molecule has 0 aliphatic carbocycles. The van der Waals surface area contributed by atoms with E-state index in [0.717, 1.165) is 39.0 Å². The van der Waals surface area contributed by atoms with E-state index in [-0.39, 0.29) is 11.3 Å². The van der Waals surface area contributed by atoms with E-state index in [4.69, 9.17) is 0 Å². The summed E-state index contributed by atoms with van der Waals surface area (Å²) in [6.07, 6.45) is 4.42. The molecule has 2 aliphatic rings. The molecule has 2 saturated heterocycles. The van der Waals surface area contributed by atoms with Crippen LogP contribution in [0.4, 0.5) is 0 Å². The summed E-state index contributed by atoms with van der Waals surface area (Å²) in [5.74, 6) is 0.262. The molecule has 0 spiro atoms. The van der Waals surface area contributed by atoms with Crippen LogP contribution in [0.3, 0.4) is 0 Å². The van der Waals surface area contributed by atoms with Crippen LogP contribution in [-0.4, -0.2) is 49.6 Å². The second kappa shape index (κ2) is 6.02. The largest absolute Gasteiger partial charge is 0.354 e. The smallest absolute Gasteiger partial charge is 0.227 e. The minimum absolute atomic E-state index is 0.143. The minimum atomic E-state index is -0.143.